The fourth-order valence-electron chi connectivity index (χ4n) is 1.59. The number of carbonyl (C=O) groups excluding carboxylic acids is 1. The molecule has 20 heavy (non-hydrogen) atoms. The first-order valence-corrected chi connectivity index (χ1v) is 8.29. The van der Waals surface area contributed by atoms with Crippen LogP contribution in [0, 0.1) is 5.41 Å². The lowest BCUT2D eigenvalue weighted by Gasteiger charge is -2.27. The van der Waals surface area contributed by atoms with Crippen molar-refractivity contribution < 1.29 is 23.1 Å². The summed E-state index contributed by atoms with van der Waals surface area (Å²) >= 11 is 0. The van der Waals surface area contributed by atoms with Crippen molar-refractivity contribution in [2.75, 3.05) is 12.3 Å². The van der Waals surface area contributed by atoms with E-state index in [1.807, 2.05) is 0 Å². The fraction of sp³-hybridized carbons (Fsp3) is 0.846. The van der Waals surface area contributed by atoms with E-state index in [-0.39, 0.29) is 6.54 Å². The third-order valence-corrected chi connectivity index (χ3v) is 6.19. The van der Waals surface area contributed by atoms with Gasteiger partial charge >= 0.3 is 5.97 Å². The SMILES string of the molecule is CCC(CC)(CNC(=O)CS(=O)(=O)C(C)(C)C)C(=O)O. The molecule has 0 bridgehead atoms. The molecule has 2 N–H and O–H groups in total. The first-order chi connectivity index (χ1) is 8.92. The second-order valence-corrected chi connectivity index (χ2v) is 8.68. The average molecular weight is 307 g/mol. The Hall–Kier alpha value is -1.11. The molecule has 0 aromatic heterocycles. The highest BCUT2D eigenvalue weighted by molar-refractivity contribution is 7.93. The van der Waals surface area contributed by atoms with Crippen molar-refractivity contribution in [1.82, 2.24) is 5.32 Å². The molecule has 0 aromatic carbocycles. The number of carboxylic acid groups (broad SMARTS) is 1. The van der Waals surface area contributed by atoms with Gasteiger partial charge in [0.1, 0.15) is 5.75 Å². The predicted octanol–water partition coefficient (Wildman–Crippen LogP) is 1.21. The molecule has 0 unspecified atom stereocenters. The average Bonchev–Trinajstić information content (AvgIpc) is 2.28. The summed E-state index contributed by atoms with van der Waals surface area (Å²) in [5.41, 5.74) is -1.04. The van der Waals surface area contributed by atoms with Gasteiger partial charge in [-0.05, 0) is 33.6 Å². The molecule has 0 saturated carbocycles. The third kappa shape index (κ3) is 4.47. The number of amides is 1. The van der Waals surface area contributed by atoms with E-state index in [2.05, 4.69) is 5.32 Å². The molecule has 0 heterocycles. The number of rotatable bonds is 7. The van der Waals surface area contributed by atoms with Crippen molar-refractivity contribution >= 4 is 21.7 Å². The molecule has 0 aliphatic rings. The summed E-state index contributed by atoms with van der Waals surface area (Å²) in [6.45, 7) is 7.97. The van der Waals surface area contributed by atoms with Crippen LogP contribution in [0.15, 0.2) is 0 Å². The minimum Gasteiger partial charge on any atom is -0.481 e. The molecule has 1 amide bonds. The van der Waals surface area contributed by atoms with Crippen LogP contribution >= 0.6 is 0 Å². The minimum absolute atomic E-state index is 0.0617. The Morgan fingerprint density at radius 3 is 1.85 bits per heavy atom. The molecule has 7 heteroatoms. The van der Waals surface area contributed by atoms with Gasteiger partial charge in [0.15, 0.2) is 9.84 Å². The molecule has 0 fully saturated rings. The molecule has 0 aromatic rings. The van der Waals surface area contributed by atoms with Crippen LogP contribution in [0.1, 0.15) is 47.5 Å². The standard InChI is InChI=1S/C13H25NO5S/c1-6-13(7-2,11(16)17)9-14-10(15)8-20(18,19)12(3,4)5/h6-9H2,1-5H3,(H,14,15)(H,16,17). The monoisotopic (exact) mass is 307 g/mol. The molecule has 118 valence electrons. The van der Waals surface area contributed by atoms with E-state index < -0.39 is 37.6 Å². The highest BCUT2D eigenvalue weighted by Crippen LogP contribution is 2.25. The van der Waals surface area contributed by atoms with E-state index in [0.717, 1.165) is 0 Å². The maximum Gasteiger partial charge on any atom is 0.311 e. The van der Waals surface area contributed by atoms with E-state index in [1.54, 1.807) is 13.8 Å². The third-order valence-electron chi connectivity index (χ3n) is 3.69. The molecule has 6 nitrogen and oxygen atoms in total. The maximum atomic E-state index is 11.9. The topological polar surface area (TPSA) is 101 Å². The predicted molar refractivity (Wildman–Crippen MR) is 77.2 cm³/mol. The number of aliphatic carboxylic acids is 1. The molecule has 0 aliphatic heterocycles. The molecular formula is C13H25NO5S. The summed E-state index contributed by atoms with van der Waals surface area (Å²) in [4.78, 5) is 23.0. The molecule has 0 rings (SSSR count). The normalized spacial score (nSPS) is 13.1. The Bertz CT molecular complexity index is 458. The lowest BCUT2D eigenvalue weighted by molar-refractivity contribution is -0.149. The van der Waals surface area contributed by atoms with Crippen molar-refractivity contribution in [2.24, 2.45) is 5.41 Å². The summed E-state index contributed by atoms with van der Waals surface area (Å²) in [6.07, 6.45) is 0.732. The van der Waals surface area contributed by atoms with Crippen LogP contribution in [0.3, 0.4) is 0 Å². The van der Waals surface area contributed by atoms with Gasteiger partial charge in [0, 0.05) is 6.54 Å². The van der Waals surface area contributed by atoms with Crippen LogP contribution in [0.25, 0.3) is 0 Å². The summed E-state index contributed by atoms with van der Waals surface area (Å²) in [5.74, 6) is -2.27. The number of hydrogen-bond donors (Lipinski definition) is 2. The summed E-state index contributed by atoms with van der Waals surface area (Å²) in [7, 11) is -3.56. The van der Waals surface area contributed by atoms with Gasteiger partial charge in [-0.15, -0.1) is 0 Å². The fourth-order valence-corrected chi connectivity index (χ4v) is 2.47. The Morgan fingerprint density at radius 1 is 1.10 bits per heavy atom. The zero-order valence-corrected chi connectivity index (χ0v) is 13.6. The smallest absolute Gasteiger partial charge is 0.311 e. The number of carbonyl (C=O) groups is 2. The van der Waals surface area contributed by atoms with Gasteiger partial charge < -0.3 is 10.4 Å². The summed E-state index contributed by atoms with van der Waals surface area (Å²) < 4.78 is 22.8. The number of sulfone groups is 1. The largest absolute Gasteiger partial charge is 0.481 e. The van der Waals surface area contributed by atoms with Crippen LogP contribution < -0.4 is 5.32 Å². The molecule has 0 spiro atoms. The Kier molecular flexibility index (Phi) is 6.20. The maximum absolute atomic E-state index is 11.9. The van der Waals surface area contributed by atoms with Crippen molar-refractivity contribution in [2.45, 2.75) is 52.2 Å². The Balaban J connectivity index is 4.77. The number of carboxylic acids is 1. The van der Waals surface area contributed by atoms with Crippen molar-refractivity contribution in [1.29, 1.82) is 0 Å². The quantitative estimate of drug-likeness (QED) is 0.736. The van der Waals surface area contributed by atoms with Crippen molar-refractivity contribution in [3.05, 3.63) is 0 Å². The van der Waals surface area contributed by atoms with E-state index >= 15 is 0 Å². The van der Waals surface area contributed by atoms with Gasteiger partial charge in [0.2, 0.25) is 5.91 Å². The zero-order chi connectivity index (χ0) is 16.2. The van der Waals surface area contributed by atoms with E-state index in [0.29, 0.717) is 12.8 Å². The first-order valence-electron chi connectivity index (χ1n) is 6.64. The Labute approximate surface area is 120 Å². The van der Waals surface area contributed by atoms with Crippen LogP contribution in [0.5, 0.6) is 0 Å². The second-order valence-electron chi connectivity index (χ2n) is 5.94. The number of nitrogens with one attached hydrogen (secondary N) is 1. The Morgan fingerprint density at radius 2 is 1.55 bits per heavy atom. The van der Waals surface area contributed by atoms with E-state index in [9.17, 15) is 23.1 Å². The lowest BCUT2D eigenvalue weighted by Crippen LogP contribution is -2.45. The molecular weight excluding hydrogens is 282 g/mol. The van der Waals surface area contributed by atoms with Gasteiger partial charge in [0.05, 0.1) is 10.2 Å². The molecule has 0 radical (unpaired) electrons. The summed E-state index contributed by atoms with van der Waals surface area (Å²) in [6, 6.07) is 0. The van der Waals surface area contributed by atoms with Crippen molar-refractivity contribution in [3.63, 3.8) is 0 Å². The molecule has 0 aliphatic carbocycles. The zero-order valence-electron chi connectivity index (χ0n) is 12.8. The molecule has 0 atom stereocenters. The van der Waals surface area contributed by atoms with Crippen LogP contribution in [-0.4, -0.2) is 42.4 Å². The number of hydrogen-bond acceptors (Lipinski definition) is 4. The van der Waals surface area contributed by atoms with Crippen LogP contribution in [0.4, 0.5) is 0 Å². The van der Waals surface area contributed by atoms with E-state index in [4.69, 9.17) is 0 Å². The van der Waals surface area contributed by atoms with Gasteiger partial charge in [-0.25, -0.2) is 8.42 Å². The van der Waals surface area contributed by atoms with Gasteiger partial charge in [0.25, 0.3) is 0 Å². The van der Waals surface area contributed by atoms with Gasteiger partial charge in [-0.2, -0.15) is 0 Å². The van der Waals surface area contributed by atoms with Gasteiger partial charge in [-0.1, -0.05) is 13.8 Å². The minimum atomic E-state index is -3.56. The highest BCUT2D eigenvalue weighted by atomic mass is 32.2. The van der Waals surface area contributed by atoms with E-state index in [1.165, 1.54) is 20.8 Å². The summed E-state index contributed by atoms with van der Waals surface area (Å²) in [5, 5.41) is 11.7. The van der Waals surface area contributed by atoms with Gasteiger partial charge in [-0.3, -0.25) is 9.59 Å². The second kappa shape index (κ2) is 6.56. The van der Waals surface area contributed by atoms with Crippen LogP contribution in [0.2, 0.25) is 0 Å². The van der Waals surface area contributed by atoms with Crippen molar-refractivity contribution in [3.8, 4) is 0 Å². The van der Waals surface area contributed by atoms with Crippen LogP contribution in [-0.2, 0) is 19.4 Å². The molecule has 0 saturated heterocycles. The lowest BCUT2D eigenvalue weighted by atomic mass is 9.82. The highest BCUT2D eigenvalue weighted by Gasteiger charge is 2.36. The first kappa shape index (κ1) is 18.9.